The largest absolute Gasteiger partial charge is 0.477 e. The summed E-state index contributed by atoms with van der Waals surface area (Å²) in [4.78, 5) is 28.8. The number of aliphatic hydroxyl groups excluding tert-OH is 1. The summed E-state index contributed by atoms with van der Waals surface area (Å²) in [5.41, 5.74) is 0.758. The third kappa shape index (κ3) is 2.78. The van der Waals surface area contributed by atoms with E-state index in [1.54, 1.807) is 24.3 Å². The zero-order valence-electron chi connectivity index (χ0n) is 9.75. The molecule has 0 radical (unpaired) electrons. The lowest BCUT2D eigenvalue weighted by Gasteiger charge is -2.04. The smallest absolute Gasteiger partial charge is 0.354 e. The molecular weight excluding hydrogens is 250 g/mol. The molecule has 19 heavy (non-hydrogen) atoms. The van der Waals surface area contributed by atoms with Gasteiger partial charge in [0.1, 0.15) is 0 Å². The Kier molecular flexibility index (Phi) is 3.58. The molecule has 1 heterocycles. The van der Waals surface area contributed by atoms with Crippen molar-refractivity contribution < 1.29 is 19.8 Å². The van der Waals surface area contributed by atoms with E-state index in [1.165, 1.54) is 0 Å². The first-order chi connectivity index (χ1) is 9.11. The highest BCUT2D eigenvalue weighted by Gasteiger charge is 2.19. The fourth-order valence-corrected chi connectivity index (χ4v) is 1.51. The first kappa shape index (κ1) is 12.8. The molecule has 0 aliphatic heterocycles. The number of rotatable bonds is 4. The van der Waals surface area contributed by atoms with Crippen LogP contribution in [0.1, 0.15) is 26.5 Å². The van der Waals surface area contributed by atoms with Crippen LogP contribution in [0.25, 0.3) is 0 Å². The van der Waals surface area contributed by atoms with Gasteiger partial charge < -0.3 is 20.5 Å². The minimum absolute atomic E-state index is 0.0866. The van der Waals surface area contributed by atoms with Crippen LogP contribution in [-0.2, 0) is 6.61 Å². The number of aromatic amines is 1. The number of aromatic nitrogens is 2. The standard InChI is InChI=1S/C12H11N3O4/c16-5-7-1-3-8(4-2-7)15-11(17)9-10(12(18)19)14-6-13-9/h1-4,6,16H,5H2,(H,13,14)(H,15,17)(H,18,19). The van der Waals surface area contributed by atoms with Crippen LogP contribution in [0.5, 0.6) is 0 Å². The summed E-state index contributed by atoms with van der Waals surface area (Å²) in [6, 6.07) is 6.52. The Bertz CT molecular complexity index is 604. The average molecular weight is 261 g/mol. The predicted molar refractivity (Wildman–Crippen MR) is 65.9 cm³/mol. The molecule has 0 aliphatic carbocycles. The van der Waals surface area contributed by atoms with Crippen molar-refractivity contribution in [3.63, 3.8) is 0 Å². The Labute approximate surface area is 107 Å². The summed E-state index contributed by atoms with van der Waals surface area (Å²) in [6.07, 6.45) is 1.15. The maximum Gasteiger partial charge on any atom is 0.354 e. The third-order valence-electron chi connectivity index (χ3n) is 2.46. The van der Waals surface area contributed by atoms with E-state index in [2.05, 4.69) is 15.3 Å². The van der Waals surface area contributed by atoms with E-state index in [-0.39, 0.29) is 18.0 Å². The molecule has 0 saturated heterocycles. The molecule has 0 saturated carbocycles. The Morgan fingerprint density at radius 1 is 1.26 bits per heavy atom. The number of aliphatic hydroxyl groups is 1. The van der Waals surface area contributed by atoms with Crippen molar-refractivity contribution in [2.24, 2.45) is 0 Å². The molecule has 0 spiro atoms. The lowest BCUT2D eigenvalue weighted by atomic mass is 10.2. The number of anilines is 1. The Morgan fingerprint density at radius 2 is 1.95 bits per heavy atom. The lowest BCUT2D eigenvalue weighted by Crippen LogP contribution is -2.16. The Morgan fingerprint density at radius 3 is 2.53 bits per heavy atom. The molecule has 1 amide bonds. The van der Waals surface area contributed by atoms with Gasteiger partial charge in [0.2, 0.25) is 0 Å². The molecule has 0 atom stereocenters. The van der Waals surface area contributed by atoms with Gasteiger partial charge in [0.15, 0.2) is 11.4 Å². The van der Waals surface area contributed by atoms with Gasteiger partial charge in [-0.05, 0) is 17.7 Å². The molecule has 0 bridgehead atoms. The Hall–Kier alpha value is -2.67. The summed E-state index contributed by atoms with van der Waals surface area (Å²) in [5, 5.41) is 20.3. The second-order valence-corrected chi connectivity index (χ2v) is 3.74. The van der Waals surface area contributed by atoms with E-state index in [4.69, 9.17) is 10.2 Å². The summed E-state index contributed by atoms with van der Waals surface area (Å²) in [7, 11) is 0. The van der Waals surface area contributed by atoms with Crippen molar-refractivity contribution in [1.29, 1.82) is 0 Å². The average Bonchev–Trinajstić information content (AvgIpc) is 2.89. The molecule has 0 fully saturated rings. The second-order valence-electron chi connectivity index (χ2n) is 3.74. The lowest BCUT2D eigenvalue weighted by molar-refractivity contribution is 0.0686. The number of amides is 1. The van der Waals surface area contributed by atoms with Crippen LogP contribution in [0.15, 0.2) is 30.6 Å². The number of benzene rings is 1. The fraction of sp³-hybridized carbons (Fsp3) is 0.0833. The maximum atomic E-state index is 11.8. The van der Waals surface area contributed by atoms with Crippen molar-refractivity contribution in [2.45, 2.75) is 6.61 Å². The van der Waals surface area contributed by atoms with Crippen molar-refractivity contribution in [3.8, 4) is 0 Å². The number of hydrogen-bond donors (Lipinski definition) is 4. The number of carbonyl (C=O) groups is 2. The van der Waals surface area contributed by atoms with E-state index in [0.717, 1.165) is 6.33 Å². The van der Waals surface area contributed by atoms with Crippen LogP contribution in [0.2, 0.25) is 0 Å². The number of imidazole rings is 1. The van der Waals surface area contributed by atoms with Gasteiger partial charge in [0.05, 0.1) is 12.9 Å². The van der Waals surface area contributed by atoms with Crippen molar-refractivity contribution in [1.82, 2.24) is 9.97 Å². The molecule has 0 aliphatic rings. The zero-order chi connectivity index (χ0) is 13.8. The summed E-state index contributed by atoms with van der Waals surface area (Å²) >= 11 is 0. The maximum absolute atomic E-state index is 11.8. The van der Waals surface area contributed by atoms with Crippen LogP contribution >= 0.6 is 0 Å². The van der Waals surface area contributed by atoms with Gasteiger partial charge in [-0.25, -0.2) is 9.78 Å². The number of nitrogens with one attached hydrogen (secondary N) is 2. The van der Waals surface area contributed by atoms with E-state index in [0.29, 0.717) is 11.3 Å². The van der Waals surface area contributed by atoms with Gasteiger partial charge in [-0.15, -0.1) is 0 Å². The topological polar surface area (TPSA) is 115 Å². The molecule has 2 rings (SSSR count). The highest BCUT2D eigenvalue weighted by Crippen LogP contribution is 2.12. The van der Waals surface area contributed by atoms with Crippen LogP contribution in [0.4, 0.5) is 5.69 Å². The number of hydrogen-bond acceptors (Lipinski definition) is 4. The van der Waals surface area contributed by atoms with Crippen molar-refractivity contribution in [3.05, 3.63) is 47.5 Å². The number of carboxylic acids is 1. The zero-order valence-corrected chi connectivity index (χ0v) is 9.75. The van der Waals surface area contributed by atoms with Crippen LogP contribution in [0.3, 0.4) is 0 Å². The number of nitrogens with zero attached hydrogens (tertiary/aromatic N) is 1. The highest BCUT2D eigenvalue weighted by molar-refractivity contribution is 6.08. The monoisotopic (exact) mass is 261 g/mol. The van der Waals surface area contributed by atoms with Crippen LogP contribution in [0, 0.1) is 0 Å². The summed E-state index contributed by atoms with van der Waals surface area (Å²) in [6.45, 7) is -0.0866. The quantitative estimate of drug-likeness (QED) is 0.651. The molecule has 4 N–H and O–H groups in total. The number of carboxylic acid groups (broad SMARTS) is 1. The van der Waals surface area contributed by atoms with Crippen molar-refractivity contribution in [2.75, 3.05) is 5.32 Å². The fourth-order valence-electron chi connectivity index (χ4n) is 1.51. The SMILES string of the molecule is O=C(Nc1ccc(CO)cc1)c1nc[nH]c1C(=O)O. The molecule has 0 unspecified atom stereocenters. The second kappa shape index (κ2) is 5.32. The number of H-pyrrole nitrogens is 1. The number of carbonyl (C=O) groups excluding carboxylic acids is 1. The van der Waals surface area contributed by atoms with E-state index < -0.39 is 11.9 Å². The van der Waals surface area contributed by atoms with Gasteiger partial charge in [0, 0.05) is 5.69 Å². The minimum Gasteiger partial charge on any atom is -0.477 e. The van der Waals surface area contributed by atoms with E-state index in [1.807, 2.05) is 0 Å². The molecule has 7 nitrogen and oxygen atoms in total. The molecule has 98 valence electrons. The first-order valence-corrected chi connectivity index (χ1v) is 5.39. The summed E-state index contributed by atoms with van der Waals surface area (Å²) < 4.78 is 0. The third-order valence-corrected chi connectivity index (χ3v) is 2.46. The predicted octanol–water partition coefficient (Wildman–Crippen LogP) is 0.853. The van der Waals surface area contributed by atoms with E-state index in [9.17, 15) is 9.59 Å². The minimum atomic E-state index is -1.25. The molecular formula is C12H11N3O4. The normalized spacial score (nSPS) is 10.2. The van der Waals surface area contributed by atoms with Crippen LogP contribution in [-0.4, -0.2) is 32.1 Å². The molecule has 2 aromatic rings. The molecule has 7 heteroatoms. The molecule has 1 aromatic carbocycles. The van der Waals surface area contributed by atoms with Gasteiger partial charge in [-0.2, -0.15) is 0 Å². The summed E-state index contributed by atoms with van der Waals surface area (Å²) in [5.74, 6) is -1.87. The van der Waals surface area contributed by atoms with Gasteiger partial charge >= 0.3 is 5.97 Å². The van der Waals surface area contributed by atoms with E-state index >= 15 is 0 Å². The first-order valence-electron chi connectivity index (χ1n) is 5.39. The Balaban J connectivity index is 2.16. The van der Waals surface area contributed by atoms with Crippen LogP contribution < -0.4 is 5.32 Å². The van der Waals surface area contributed by atoms with Gasteiger partial charge in [-0.1, -0.05) is 12.1 Å². The van der Waals surface area contributed by atoms with Gasteiger partial charge in [-0.3, -0.25) is 4.79 Å². The number of aromatic carboxylic acids is 1. The highest BCUT2D eigenvalue weighted by atomic mass is 16.4. The van der Waals surface area contributed by atoms with Gasteiger partial charge in [0.25, 0.3) is 5.91 Å². The van der Waals surface area contributed by atoms with Crippen molar-refractivity contribution >= 4 is 17.6 Å². The molecule has 1 aromatic heterocycles.